The van der Waals surface area contributed by atoms with Crippen molar-refractivity contribution >= 4 is 29.4 Å². The number of methoxy groups -OCH3 is 1. The van der Waals surface area contributed by atoms with Crippen molar-refractivity contribution in [2.24, 2.45) is 0 Å². The van der Waals surface area contributed by atoms with Crippen molar-refractivity contribution in [2.45, 2.75) is 17.6 Å². The monoisotopic (exact) mass is 310 g/mol. The number of urea groups is 1. The first kappa shape index (κ1) is 15.5. The number of benzene rings is 1. The van der Waals surface area contributed by atoms with Gasteiger partial charge in [0.25, 0.3) is 0 Å². The number of amides is 2. The Morgan fingerprint density at radius 1 is 1.43 bits per heavy atom. The van der Waals surface area contributed by atoms with Gasteiger partial charge in [0.15, 0.2) is 0 Å². The lowest BCUT2D eigenvalue weighted by molar-refractivity contribution is 0.0693. The van der Waals surface area contributed by atoms with Gasteiger partial charge in [0, 0.05) is 23.0 Å². The molecule has 0 bridgehead atoms. The average Bonchev–Trinajstić information content (AvgIpc) is 3.25. The lowest BCUT2D eigenvalue weighted by atomic mass is 10.2. The highest BCUT2D eigenvalue weighted by molar-refractivity contribution is 8.00. The quantitative estimate of drug-likeness (QED) is 0.751. The zero-order valence-electron chi connectivity index (χ0n) is 11.9. The Bertz CT molecular complexity index is 558. The molecule has 1 aromatic carbocycles. The van der Waals surface area contributed by atoms with Gasteiger partial charge in [-0.3, -0.25) is 0 Å². The largest absolute Gasteiger partial charge is 0.496 e. The molecule has 114 valence electrons. The van der Waals surface area contributed by atoms with Gasteiger partial charge in [0.05, 0.1) is 7.11 Å². The highest BCUT2D eigenvalue weighted by atomic mass is 32.2. The van der Waals surface area contributed by atoms with E-state index in [1.54, 1.807) is 11.8 Å². The van der Waals surface area contributed by atoms with E-state index in [4.69, 9.17) is 9.84 Å². The van der Waals surface area contributed by atoms with E-state index in [1.165, 1.54) is 25.3 Å². The van der Waals surface area contributed by atoms with E-state index in [1.807, 2.05) is 6.26 Å². The molecule has 1 aliphatic carbocycles. The summed E-state index contributed by atoms with van der Waals surface area (Å²) in [6.45, 7) is 0.629. The number of thioether (sulfide) groups is 1. The zero-order chi connectivity index (χ0) is 15.5. The molecular formula is C14H18N2O4S. The summed E-state index contributed by atoms with van der Waals surface area (Å²) in [5, 5.41) is 14.5. The number of carbonyl (C=O) groups is 2. The van der Waals surface area contributed by atoms with Crippen molar-refractivity contribution in [1.29, 1.82) is 0 Å². The molecule has 1 fully saturated rings. The molecule has 1 aromatic rings. The van der Waals surface area contributed by atoms with Crippen molar-refractivity contribution in [3.8, 4) is 5.75 Å². The van der Waals surface area contributed by atoms with Crippen LogP contribution < -0.4 is 15.4 Å². The molecule has 0 spiro atoms. The topological polar surface area (TPSA) is 87.7 Å². The summed E-state index contributed by atoms with van der Waals surface area (Å²) in [5.74, 6) is -0.860. The minimum Gasteiger partial charge on any atom is -0.496 e. The van der Waals surface area contributed by atoms with E-state index in [-0.39, 0.29) is 22.1 Å². The SMILES string of the molecule is COc1cc(NC(=O)NCC2(SC)CC2)ccc1C(=O)O. The number of anilines is 1. The smallest absolute Gasteiger partial charge is 0.339 e. The van der Waals surface area contributed by atoms with Crippen molar-refractivity contribution in [2.75, 3.05) is 25.2 Å². The Morgan fingerprint density at radius 3 is 2.67 bits per heavy atom. The Kier molecular flexibility index (Phi) is 4.62. The molecular weight excluding hydrogens is 292 g/mol. The van der Waals surface area contributed by atoms with Gasteiger partial charge in [-0.15, -0.1) is 0 Å². The van der Waals surface area contributed by atoms with Crippen LogP contribution >= 0.6 is 11.8 Å². The first-order valence-electron chi connectivity index (χ1n) is 6.51. The van der Waals surface area contributed by atoms with Gasteiger partial charge in [-0.1, -0.05) is 0 Å². The van der Waals surface area contributed by atoms with Crippen LogP contribution in [0.5, 0.6) is 5.75 Å². The average molecular weight is 310 g/mol. The Hall–Kier alpha value is -1.89. The van der Waals surface area contributed by atoms with Gasteiger partial charge in [-0.2, -0.15) is 11.8 Å². The van der Waals surface area contributed by atoms with Crippen LogP contribution in [0.2, 0.25) is 0 Å². The number of carboxylic acids is 1. The van der Waals surface area contributed by atoms with Crippen LogP contribution in [0, 0.1) is 0 Å². The second-order valence-corrected chi connectivity index (χ2v) is 6.19. The fourth-order valence-electron chi connectivity index (χ4n) is 1.95. The molecule has 1 aliphatic rings. The molecule has 0 radical (unpaired) electrons. The summed E-state index contributed by atoms with van der Waals surface area (Å²) < 4.78 is 5.21. The van der Waals surface area contributed by atoms with Crippen molar-refractivity contribution in [1.82, 2.24) is 5.32 Å². The number of carbonyl (C=O) groups excluding carboxylic acids is 1. The third kappa shape index (κ3) is 3.81. The maximum atomic E-state index is 11.8. The number of hydrogen-bond acceptors (Lipinski definition) is 4. The molecule has 0 atom stereocenters. The van der Waals surface area contributed by atoms with Crippen molar-refractivity contribution in [3.63, 3.8) is 0 Å². The van der Waals surface area contributed by atoms with Gasteiger partial charge in [-0.05, 0) is 31.2 Å². The standard InChI is InChI=1S/C14H18N2O4S/c1-20-11-7-9(3-4-10(11)12(17)18)16-13(19)15-8-14(21-2)5-6-14/h3-4,7H,5-6,8H2,1-2H3,(H,17,18)(H2,15,16,19). The molecule has 0 unspecified atom stereocenters. The van der Waals surface area contributed by atoms with Gasteiger partial charge >= 0.3 is 12.0 Å². The van der Waals surface area contributed by atoms with Crippen LogP contribution in [-0.2, 0) is 0 Å². The first-order chi connectivity index (χ1) is 9.99. The molecule has 6 nitrogen and oxygen atoms in total. The first-order valence-corrected chi connectivity index (χ1v) is 7.73. The second kappa shape index (κ2) is 6.26. The van der Waals surface area contributed by atoms with Crippen LogP contribution in [0.4, 0.5) is 10.5 Å². The maximum absolute atomic E-state index is 11.8. The Balaban J connectivity index is 1.96. The summed E-state index contributed by atoms with van der Waals surface area (Å²) in [5.41, 5.74) is 0.547. The summed E-state index contributed by atoms with van der Waals surface area (Å²) >= 11 is 1.77. The van der Waals surface area contributed by atoms with E-state index < -0.39 is 5.97 Å². The van der Waals surface area contributed by atoms with Gasteiger partial charge in [0.2, 0.25) is 0 Å². The molecule has 2 amide bonds. The zero-order valence-corrected chi connectivity index (χ0v) is 12.8. The predicted molar refractivity (Wildman–Crippen MR) is 82.5 cm³/mol. The highest BCUT2D eigenvalue weighted by Crippen LogP contribution is 2.46. The lowest BCUT2D eigenvalue weighted by Crippen LogP contribution is -2.35. The fraction of sp³-hybridized carbons (Fsp3) is 0.429. The molecule has 0 aromatic heterocycles. The fourth-order valence-corrected chi connectivity index (χ4v) is 2.68. The van der Waals surface area contributed by atoms with Gasteiger partial charge < -0.3 is 20.5 Å². The van der Waals surface area contributed by atoms with E-state index in [9.17, 15) is 9.59 Å². The second-order valence-electron chi connectivity index (χ2n) is 4.92. The molecule has 0 heterocycles. The third-order valence-corrected chi connectivity index (χ3v) is 4.92. The Labute approximate surface area is 127 Å². The molecule has 21 heavy (non-hydrogen) atoms. The normalized spacial score (nSPS) is 15.1. The predicted octanol–water partition coefficient (Wildman–Crippen LogP) is 2.41. The van der Waals surface area contributed by atoms with Gasteiger partial charge in [-0.25, -0.2) is 9.59 Å². The van der Waals surface area contributed by atoms with E-state index in [2.05, 4.69) is 10.6 Å². The molecule has 3 N–H and O–H groups in total. The molecule has 1 saturated carbocycles. The van der Waals surface area contributed by atoms with Crippen molar-refractivity contribution < 1.29 is 19.4 Å². The van der Waals surface area contributed by atoms with Crippen LogP contribution in [0.3, 0.4) is 0 Å². The van der Waals surface area contributed by atoms with Gasteiger partial charge in [0.1, 0.15) is 11.3 Å². The van der Waals surface area contributed by atoms with Crippen LogP contribution in [-0.4, -0.2) is 41.8 Å². The Morgan fingerprint density at radius 2 is 2.14 bits per heavy atom. The van der Waals surface area contributed by atoms with Crippen LogP contribution in [0.15, 0.2) is 18.2 Å². The maximum Gasteiger partial charge on any atom is 0.339 e. The summed E-state index contributed by atoms with van der Waals surface area (Å²) in [7, 11) is 1.39. The van der Waals surface area contributed by atoms with E-state index in [0.29, 0.717) is 12.2 Å². The number of ether oxygens (including phenoxy) is 1. The van der Waals surface area contributed by atoms with E-state index >= 15 is 0 Å². The van der Waals surface area contributed by atoms with Crippen LogP contribution in [0.1, 0.15) is 23.2 Å². The molecule has 0 saturated heterocycles. The number of rotatable bonds is 6. The molecule has 2 rings (SSSR count). The number of hydrogen-bond donors (Lipinski definition) is 3. The van der Waals surface area contributed by atoms with E-state index in [0.717, 1.165) is 12.8 Å². The van der Waals surface area contributed by atoms with Crippen LogP contribution in [0.25, 0.3) is 0 Å². The number of carboxylic acid groups (broad SMARTS) is 1. The number of aromatic carboxylic acids is 1. The number of nitrogens with one attached hydrogen (secondary N) is 2. The lowest BCUT2D eigenvalue weighted by Gasteiger charge is -2.14. The summed E-state index contributed by atoms with van der Waals surface area (Å²) in [6, 6.07) is 4.12. The molecule has 7 heteroatoms. The highest BCUT2D eigenvalue weighted by Gasteiger charge is 2.41. The summed E-state index contributed by atoms with van der Waals surface area (Å²) in [6.07, 6.45) is 4.28. The summed E-state index contributed by atoms with van der Waals surface area (Å²) in [4.78, 5) is 22.8. The minimum atomic E-state index is -1.07. The third-order valence-electron chi connectivity index (χ3n) is 3.50. The minimum absolute atomic E-state index is 0.0581. The molecule has 0 aliphatic heterocycles. The van der Waals surface area contributed by atoms with Crippen molar-refractivity contribution in [3.05, 3.63) is 23.8 Å².